The van der Waals surface area contributed by atoms with Gasteiger partial charge in [-0.15, -0.1) is 0 Å². The molecule has 0 spiro atoms. The summed E-state index contributed by atoms with van der Waals surface area (Å²) in [5.41, 5.74) is 0.633. The summed E-state index contributed by atoms with van der Waals surface area (Å²) in [6, 6.07) is 1.87. The van der Waals surface area contributed by atoms with E-state index >= 15 is 0 Å². The normalized spacial score (nSPS) is 22.4. The maximum Gasteiger partial charge on any atom is 0.257 e. The molecule has 2 saturated heterocycles. The van der Waals surface area contributed by atoms with Crippen LogP contribution in [0.1, 0.15) is 35.9 Å². The van der Waals surface area contributed by atoms with Gasteiger partial charge in [0.2, 0.25) is 0 Å². The van der Waals surface area contributed by atoms with Crippen molar-refractivity contribution < 1.29 is 18.7 Å². The summed E-state index contributed by atoms with van der Waals surface area (Å²) in [4.78, 5) is 16.8. The molecule has 0 saturated carbocycles. The average Bonchev–Trinajstić information content (AvgIpc) is 3.25. The Morgan fingerprint density at radius 1 is 1.35 bits per heavy atom. The van der Waals surface area contributed by atoms with Crippen LogP contribution < -0.4 is 0 Å². The van der Waals surface area contributed by atoms with Crippen LogP contribution in [0.25, 0.3) is 0 Å². The molecule has 1 aromatic rings. The minimum absolute atomic E-state index is 0.0278. The van der Waals surface area contributed by atoms with Crippen molar-refractivity contribution in [3.05, 3.63) is 23.7 Å². The number of nitrogens with zero attached hydrogens (tertiary/aromatic N) is 2. The molecule has 6 nitrogen and oxygen atoms in total. The van der Waals surface area contributed by atoms with Gasteiger partial charge in [0.25, 0.3) is 5.91 Å². The van der Waals surface area contributed by atoms with Crippen LogP contribution in [0.4, 0.5) is 0 Å². The average molecular weight is 322 g/mol. The van der Waals surface area contributed by atoms with Crippen molar-refractivity contribution in [3.63, 3.8) is 0 Å². The molecule has 3 heterocycles. The van der Waals surface area contributed by atoms with Crippen LogP contribution in [-0.4, -0.2) is 67.8 Å². The van der Waals surface area contributed by atoms with E-state index in [0.29, 0.717) is 18.7 Å². The fourth-order valence-electron chi connectivity index (χ4n) is 3.13. The Kier molecular flexibility index (Phi) is 5.70. The lowest BCUT2D eigenvalue weighted by molar-refractivity contribution is 0.0313. The molecule has 128 valence electrons. The maximum atomic E-state index is 12.6. The summed E-state index contributed by atoms with van der Waals surface area (Å²) in [7, 11) is 0. The van der Waals surface area contributed by atoms with E-state index in [2.05, 4.69) is 4.90 Å². The molecule has 0 aliphatic carbocycles. The van der Waals surface area contributed by atoms with Crippen LogP contribution in [-0.2, 0) is 16.0 Å². The Morgan fingerprint density at radius 2 is 2.17 bits per heavy atom. The van der Waals surface area contributed by atoms with Gasteiger partial charge in [-0.25, -0.2) is 0 Å². The molecule has 0 N–H and O–H groups in total. The lowest BCUT2D eigenvalue weighted by Gasteiger charge is -2.25. The number of likely N-dealkylation sites (N-methyl/N-ethyl adjacent to an activating group) is 1. The number of morpholine rings is 1. The van der Waals surface area contributed by atoms with E-state index in [0.717, 1.165) is 58.1 Å². The summed E-state index contributed by atoms with van der Waals surface area (Å²) in [6.45, 7) is 8.23. The standard InChI is InChI=1S/C17H26N2O4/c1-2-19(12-15-4-3-7-22-15)17(20)14-10-16(23-13-14)11-18-5-8-21-9-6-18/h10,13,15H,2-9,11-12H2,1H3/t15-/m0/s1. The minimum atomic E-state index is 0.0278. The zero-order valence-electron chi connectivity index (χ0n) is 13.8. The van der Waals surface area contributed by atoms with Gasteiger partial charge in [0.15, 0.2) is 0 Å². The molecular weight excluding hydrogens is 296 g/mol. The zero-order valence-corrected chi connectivity index (χ0v) is 13.8. The molecule has 1 aromatic heterocycles. The molecule has 2 aliphatic rings. The third-order valence-electron chi connectivity index (χ3n) is 4.50. The summed E-state index contributed by atoms with van der Waals surface area (Å²) >= 11 is 0. The van der Waals surface area contributed by atoms with Gasteiger partial charge in [0.05, 0.1) is 31.4 Å². The molecular formula is C17H26N2O4. The Hall–Kier alpha value is -1.37. The highest BCUT2D eigenvalue weighted by molar-refractivity contribution is 5.94. The van der Waals surface area contributed by atoms with Gasteiger partial charge in [-0.3, -0.25) is 9.69 Å². The molecule has 0 unspecified atom stereocenters. The van der Waals surface area contributed by atoms with E-state index in [1.165, 1.54) is 0 Å². The molecule has 1 atom stereocenters. The number of rotatable bonds is 6. The predicted octanol–water partition coefficient (Wildman–Crippen LogP) is 1.75. The topological polar surface area (TPSA) is 55.2 Å². The van der Waals surface area contributed by atoms with Gasteiger partial charge in [-0.2, -0.15) is 0 Å². The van der Waals surface area contributed by atoms with Gasteiger partial charge in [0.1, 0.15) is 12.0 Å². The van der Waals surface area contributed by atoms with Gasteiger partial charge in [-0.05, 0) is 25.8 Å². The van der Waals surface area contributed by atoms with E-state index < -0.39 is 0 Å². The molecule has 2 fully saturated rings. The highest BCUT2D eigenvalue weighted by atomic mass is 16.5. The molecule has 6 heteroatoms. The summed E-state index contributed by atoms with van der Waals surface area (Å²) in [5.74, 6) is 0.864. The molecule has 3 rings (SSSR count). The first-order valence-corrected chi connectivity index (χ1v) is 8.54. The van der Waals surface area contributed by atoms with Crippen LogP contribution in [0, 0.1) is 0 Å². The van der Waals surface area contributed by atoms with E-state index in [1.54, 1.807) is 6.26 Å². The van der Waals surface area contributed by atoms with E-state index in [1.807, 2.05) is 17.9 Å². The second kappa shape index (κ2) is 7.95. The van der Waals surface area contributed by atoms with Gasteiger partial charge < -0.3 is 18.8 Å². The van der Waals surface area contributed by atoms with Gasteiger partial charge >= 0.3 is 0 Å². The lowest BCUT2D eigenvalue weighted by atomic mass is 10.2. The number of hydrogen-bond acceptors (Lipinski definition) is 5. The molecule has 0 bridgehead atoms. The third kappa shape index (κ3) is 4.34. The van der Waals surface area contributed by atoms with Crippen LogP contribution in [0.5, 0.6) is 0 Å². The Morgan fingerprint density at radius 3 is 2.87 bits per heavy atom. The first kappa shape index (κ1) is 16.5. The van der Waals surface area contributed by atoms with Crippen molar-refractivity contribution in [3.8, 4) is 0 Å². The molecule has 0 radical (unpaired) electrons. The van der Waals surface area contributed by atoms with E-state index in [-0.39, 0.29) is 12.0 Å². The maximum absolute atomic E-state index is 12.6. The van der Waals surface area contributed by atoms with Crippen LogP contribution in [0.15, 0.2) is 16.7 Å². The minimum Gasteiger partial charge on any atom is -0.467 e. The van der Waals surface area contributed by atoms with Crippen molar-refractivity contribution >= 4 is 5.91 Å². The number of ether oxygens (including phenoxy) is 2. The highest BCUT2D eigenvalue weighted by Gasteiger charge is 2.23. The number of carbonyl (C=O) groups excluding carboxylic acids is 1. The van der Waals surface area contributed by atoms with Crippen molar-refractivity contribution in [1.82, 2.24) is 9.80 Å². The molecule has 1 amide bonds. The Bertz CT molecular complexity index is 504. The number of amides is 1. The molecule has 23 heavy (non-hydrogen) atoms. The van der Waals surface area contributed by atoms with Gasteiger partial charge in [-0.1, -0.05) is 0 Å². The lowest BCUT2D eigenvalue weighted by Crippen LogP contribution is -2.37. The smallest absolute Gasteiger partial charge is 0.257 e. The van der Waals surface area contributed by atoms with E-state index in [4.69, 9.17) is 13.9 Å². The monoisotopic (exact) mass is 322 g/mol. The predicted molar refractivity (Wildman–Crippen MR) is 85.4 cm³/mol. The highest BCUT2D eigenvalue weighted by Crippen LogP contribution is 2.17. The Balaban J connectivity index is 1.57. The molecule has 2 aliphatic heterocycles. The largest absolute Gasteiger partial charge is 0.467 e. The summed E-state index contributed by atoms with van der Waals surface area (Å²) in [5, 5.41) is 0. The number of furan rings is 1. The third-order valence-corrected chi connectivity index (χ3v) is 4.50. The summed E-state index contributed by atoms with van der Waals surface area (Å²) < 4.78 is 16.6. The first-order chi connectivity index (χ1) is 11.3. The zero-order chi connectivity index (χ0) is 16.1. The van der Waals surface area contributed by atoms with E-state index in [9.17, 15) is 4.79 Å². The first-order valence-electron chi connectivity index (χ1n) is 8.54. The second-order valence-electron chi connectivity index (χ2n) is 6.17. The van der Waals surface area contributed by atoms with Crippen molar-refractivity contribution in [2.45, 2.75) is 32.4 Å². The SMILES string of the molecule is CCN(C[C@@H]1CCCO1)C(=O)c1coc(CN2CCOCC2)c1. The summed E-state index contributed by atoms with van der Waals surface area (Å²) in [6.07, 6.45) is 3.89. The van der Waals surface area contributed by atoms with Crippen molar-refractivity contribution in [2.24, 2.45) is 0 Å². The second-order valence-corrected chi connectivity index (χ2v) is 6.17. The fourth-order valence-corrected chi connectivity index (χ4v) is 3.13. The quantitative estimate of drug-likeness (QED) is 0.799. The Labute approximate surface area is 137 Å². The number of hydrogen-bond donors (Lipinski definition) is 0. The fraction of sp³-hybridized carbons (Fsp3) is 0.706. The van der Waals surface area contributed by atoms with Crippen LogP contribution >= 0.6 is 0 Å². The number of carbonyl (C=O) groups is 1. The van der Waals surface area contributed by atoms with Crippen LogP contribution in [0.2, 0.25) is 0 Å². The van der Waals surface area contributed by atoms with Crippen LogP contribution in [0.3, 0.4) is 0 Å². The van der Waals surface area contributed by atoms with Gasteiger partial charge in [0, 0.05) is 32.8 Å². The van der Waals surface area contributed by atoms with Crippen molar-refractivity contribution in [1.29, 1.82) is 0 Å². The molecule has 0 aromatic carbocycles. The van der Waals surface area contributed by atoms with Crippen molar-refractivity contribution in [2.75, 3.05) is 46.0 Å².